The highest BCUT2D eigenvalue weighted by Crippen LogP contribution is 2.08. The van der Waals surface area contributed by atoms with Crippen LogP contribution in [0.1, 0.15) is 74.5 Å². The largest absolute Gasteiger partial charge is 0.465 e. The number of benzene rings is 2. The highest BCUT2D eigenvalue weighted by atomic mass is 16.5. The lowest BCUT2D eigenvalue weighted by Crippen LogP contribution is -2.07. The van der Waals surface area contributed by atoms with E-state index in [1.807, 2.05) is 13.8 Å². The van der Waals surface area contributed by atoms with Gasteiger partial charge < -0.3 is 18.9 Å². The van der Waals surface area contributed by atoms with Gasteiger partial charge in [-0.2, -0.15) is 0 Å². The highest BCUT2D eigenvalue weighted by molar-refractivity contribution is 5.94. The maximum absolute atomic E-state index is 11.5. The first kappa shape index (κ1) is 27.4. The molecule has 0 heterocycles. The van der Waals surface area contributed by atoms with Crippen molar-refractivity contribution in [2.24, 2.45) is 0 Å². The normalized spacial score (nSPS) is 9.70. The van der Waals surface area contributed by atoms with Crippen LogP contribution < -0.4 is 0 Å². The molecule has 0 fully saturated rings. The van der Waals surface area contributed by atoms with E-state index >= 15 is 0 Å². The summed E-state index contributed by atoms with van der Waals surface area (Å²) < 4.78 is 19.1. The van der Waals surface area contributed by atoms with Crippen molar-refractivity contribution in [1.82, 2.24) is 0 Å². The Kier molecular flexibility index (Phi) is 12.6. The SMILES string of the molecule is CCCCOC(=O)c1ccc(C(=O)OC)cc1.CCCOC(=O)c1ccc(C(=O)OC)cc1. The van der Waals surface area contributed by atoms with Gasteiger partial charge in [0.15, 0.2) is 0 Å². The Labute approximate surface area is 193 Å². The molecule has 0 aromatic heterocycles. The average molecular weight is 459 g/mol. The summed E-state index contributed by atoms with van der Waals surface area (Å²) in [4.78, 5) is 45.2. The molecule has 2 rings (SSSR count). The van der Waals surface area contributed by atoms with Gasteiger partial charge in [-0.15, -0.1) is 0 Å². The molecular formula is C25H30O8. The molecule has 0 N–H and O–H groups in total. The van der Waals surface area contributed by atoms with Crippen LogP contribution in [0.2, 0.25) is 0 Å². The Balaban J connectivity index is 0.000000331. The number of hydrogen-bond donors (Lipinski definition) is 0. The van der Waals surface area contributed by atoms with Gasteiger partial charge in [0.25, 0.3) is 0 Å². The fourth-order valence-corrected chi connectivity index (χ4v) is 2.39. The molecule has 0 bridgehead atoms. The zero-order valence-corrected chi connectivity index (χ0v) is 19.4. The number of hydrogen-bond acceptors (Lipinski definition) is 8. The van der Waals surface area contributed by atoms with Crippen LogP contribution in [0.25, 0.3) is 0 Å². The van der Waals surface area contributed by atoms with Gasteiger partial charge >= 0.3 is 23.9 Å². The Morgan fingerprint density at radius 1 is 0.545 bits per heavy atom. The summed E-state index contributed by atoms with van der Waals surface area (Å²) in [6.45, 7) is 4.78. The average Bonchev–Trinajstić information content (AvgIpc) is 2.86. The van der Waals surface area contributed by atoms with Crippen molar-refractivity contribution in [2.45, 2.75) is 33.1 Å². The second kappa shape index (κ2) is 15.2. The summed E-state index contributed by atoms with van der Waals surface area (Å²) in [6, 6.07) is 12.4. The summed E-state index contributed by atoms with van der Waals surface area (Å²) >= 11 is 0. The third kappa shape index (κ3) is 9.55. The molecule has 0 saturated carbocycles. The number of esters is 4. The van der Waals surface area contributed by atoms with Crippen LogP contribution in [-0.4, -0.2) is 51.3 Å². The maximum Gasteiger partial charge on any atom is 0.338 e. The zero-order chi connectivity index (χ0) is 24.6. The highest BCUT2D eigenvalue weighted by Gasteiger charge is 2.10. The molecule has 33 heavy (non-hydrogen) atoms. The Bertz CT molecular complexity index is 901. The van der Waals surface area contributed by atoms with Crippen LogP contribution in [0.15, 0.2) is 48.5 Å². The topological polar surface area (TPSA) is 105 Å². The molecule has 0 atom stereocenters. The van der Waals surface area contributed by atoms with Crippen molar-refractivity contribution < 1.29 is 38.1 Å². The van der Waals surface area contributed by atoms with E-state index in [4.69, 9.17) is 9.47 Å². The first-order valence-corrected chi connectivity index (χ1v) is 10.6. The lowest BCUT2D eigenvalue weighted by molar-refractivity contribution is 0.0492. The molecule has 0 radical (unpaired) electrons. The summed E-state index contributed by atoms with van der Waals surface area (Å²) in [5.41, 5.74) is 1.70. The van der Waals surface area contributed by atoms with Crippen molar-refractivity contribution >= 4 is 23.9 Å². The molecular weight excluding hydrogens is 428 g/mol. The minimum atomic E-state index is -0.423. The molecule has 0 aliphatic carbocycles. The Morgan fingerprint density at radius 3 is 1.18 bits per heavy atom. The van der Waals surface area contributed by atoms with E-state index in [0.29, 0.717) is 35.5 Å². The standard InChI is InChI=1S/C13H16O4.C12H14O4/c1-3-4-9-17-13(15)11-7-5-10(6-8-11)12(14)16-2;1-3-8-16-12(14)10-6-4-9(5-7-10)11(13)15-2/h5-8H,3-4,9H2,1-2H3;4-7H,3,8H2,1-2H3. The third-order valence-corrected chi connectivity index (χ3v) is 4.25. The molecule has 0 spiro atoms. The van der Waals surface area contributed by atoms with Gasteiger partial charge in [0.05, 0.1) is 49.7 Å². The predicted octanol–water partition coefficient (Wildman–Crippen LogP) is 4.47. The van der Waals surface area contributed by atoms with Crippen molar-refractivity contribution in [1.29, 1.82) is 0 Å². The minimum absolute atomic E-state index is 0.366. The molecule has 0 saturated heterocycles. The lowest BCUT2D eigenvalue weighted by Gasteiger charge is -2.04. The molecule has 0 aliphatic heterocycles. The molecule has 2 aromatic carbocycles. The number of unbranched alkanes of at least 4 members (excludes halogenated alkanes) is 1. The summed E-state index contributed by atoms with van der Waals surface area (Å²) in [6.07, 6.45) is 2.62. The van der Waals surface area contributed by atoms with E-state index in [2.05, 4.69) is 9.47 Å². The lowest BCUT2D eigenvalue weighted by atomic mass is 10.1. The summed E-state index contributed by atoms with van der Waals surface area (Å²) in [7, 11) is 2.63. The van der Waals surface area contributed by atoms with Gasteiger partial charge in [0.1, 0.15) is 0 Å². The van der Waals surface area contributed by atoms with Crippen LogP contribution in [-0.2, 0) is 18.9 Å². The third-order valence-electron chi connectivity index (χ3n) is 4.25. The molecule has 8 nitrogen and oxygen atoms in total. The predicted molar refractivity (Wildman–Crippen MR) is 121 cm³/mol. The quantitative estimate of drug-likeness (QED) is 0.308. The molecule has 178 valence electrons. The van der Waals surface area contributed by atoms with Crippen LogP contribution >= 0.6 is 0 Å². The van der Waals surface area contributed by atoms with Crippen LogP contribution in [0.3, 0.4) is 0 Å². The van der Waals surface area contributed by atoms with Crippen molar-refractivity contribution in [3.8, 4) is 0 Å². The monoisotopic (exact) mass is 458 g/mol. The molecule has 0 unspecified atom stereocenters. The van der Waals surface area contributed by atoms with Crippen LogP contribution in [0.5, 0.6) is 0 Å². The number of rotatable bonds is 9. The van der Waals surface area contributed by atoms with Gasteiger partial charge in [-0.3, -0.25) is 0 Å². The summed E-state index contributed by atoms with van der Waals surface area (Å²) in [5.74, 6) is -1.59. The van der Waals surface area contributed by atoms with Crippen LogP contribution in [0, 0.1) is 0 Å². The van der Waals surface area contributed by atoms with E-state index in [9.17, 15) is 19.2 Å². The van der Waals surface area contributed by atoms with Gasteiger partial charge in [-0.1, -0.05) is 20.3 Å². The Morgan fingerprint density at radius 2 is 0.879 bits per heavy atom. The second-order valence-corrected chi connectivity index (χ2v) is 6.76. The van der Waals surface area contributed by atoms with Gasteiger partial charge in [-0.05, 0) is 61.4 Å². The van der Waals surface area contributed by atoms with Gasteiger partial charge in [-0.25, -0.2) is 19.2 Å². The number of ether oxygens (including phenoxy) is 4. The van der Waals surface area contributed by atoms with E-state index in [1.54, 1.807) is 36.4 Å². The fourth-order valence-electron chi connectivity index (χ4n) is 2.39. The van der Waals surface area contributed by atoms with Crippen molar-refractivity contribution in [2.75, 3.05) is 27.4 Å². The number of methoxy groups -OCH3 is 2. The van der Waals surface area contributed by atoms with Crippen molar-refractivity contribution in [3.05, 3.63) is 70.8 Å². The maximum atomic E-state index is 11.5. The smallest absolute Gasteiger partial charge is 0.338 e. The number of carbonyl (C=O) groups is 4. The van der Waals surface area contributed by atoms with E-state index < -0.39 is 11.9 Å². The molecule has 8 heteroatoms. The van der Waals surface area contributed by atoms with Gasteiger partial charge in [0, 0.05) is 0 Å². The van der Waals surface area contributed by atoms with E-state index in [1.165, 1.54) is 26.4 Å². The molecule has 0 aliphatic rings. The first-order chi connectivity index (χ1) is 15.9. The molecule has 2 aromatic rings. The zero-order valence-electron chi connectivity index (χ0n) is 19.4. The van der Waals surface area contributed by atoms with Gasteiger partial charge in [0.2, 0.25) is 0 Å². The van der Waals surface area contributed by atoms with E-state index in [0.717, 1.165) is 19.3 Å². The van der Waals surface area contributed by atoms with Crippen LogP contribution in [0.4, 0.5) is 0 Å². The summed E-state index contributed by atoms with van der Waals surface area (Å²) in [5, 5.41) is 0. The fraction of sp³-hybridized carbons (Fsp3) is 0.360. The Hall–Kier alpha value is -3.68. The first-order valence-electron chi connectivity index (χ1n) is 10.6. The second-order valence-electron chi connectivity index (χ2n) is 6.76. The van der Waals surface area contributed by atoms with Crippen molar-refractivity contribution in [3.63, 3.8) is 0 Å². The minimum Gasteiger partial charge on any atom is -0.465 e. The molecule has 0 amide bonds. The number of carbonyl (C=O) groups excluding carboxylic acids is 4. The van der Waals surface area contributed by atoms with E-state index in [-0.39, 0.29) is 11.9 Å².